The van der Waals surface area contributed by atoms with E-state index in [-0.39, 0.29) is 11.9 Å². The van der Waals surface area contributed by atoms with Crippen LogP contribution >= 0.6 is 0 Å². The van der Waals surface area contributed by atoms with E-state index in [0.29, 0.717) is 18.2 Å². The Hall–Kier alpha value is -1.85. The Morgan fingerprint density at radius 2 is 1.78 bits per heavy atom. The van der Waals surface area contributed by atoms with Crippen LogP contribution in [0.15, 0.2) is 12.3 Å². The smallest absolute Gasteiger partial charge is 0.308 e. The van der Waals surface area contributed by atoms with Crippen LogP contribution in [0.25, 0.3) is 0 Å². The van der Waals surface area contributed by atoms with Gasteiger partial charge < -0.3 is 10.4 Å². The summed E-state index contributed by atoms with van der Waals surface area (Å²) in [7, 11) is 0. The first kappa shape index (κ1) is 16.0. The van der Waals surface area contributed by atoms with Crippen LogP contribution in [0.5, 0.6) is 0 Å². The van der Waals surface area contributed by atoms with Gasteiger partial charge in [-0.25, -0.2) is 0 Å². The Morgan fingerprint density at radius 1 is 1.09 bits per heavy atom. The first-order valence-electron chi connectivity index (χ1n) is 8.74. The van der Waals surface area contributed by atoms with E-state index in [1.165, 1.54) is 12.8 Å². The second-order valence-electron chi connectivity index (χ2n) is 6.76. The molecule has 6 nitrogen and oxygen atoms in total. The van der Waals surface area contributed by atoms with Crippen molar-refractivity contribution < 1.29 is 14.7 Å². The number of hydrogen-bond acceptors (Lipinski definition) is 3. The maximum Gasteiger partial charge on any atom is 0.308 e. The standard InChI is InChI=1S/C17H25N3O3/c21-16(15-10-11-18-20(15)12-6-4-5-7-12)19-14-9-3-1-2-8-13(14)17(22)23/h10-14H,1-9H2,(H,19,21)(H,22,23)/t13-,14+/m1/s1. The number of rotatable bonds is 4. The largest absolute Gasteiger partial charge is 0.481 e. The molecule has 1 aromatic heterocycles. The molecule has 0 unspecified atom stereocenters. The third kappa shape index (κ3) is 3.57. The van der Waals surface area contributed by atoms with Crippen LogP contribution in [0.1, 0.15) is 74.3 Å². The van der Waals surface area contributed by atoms with Crippen molar-refractivity contribution in [3.05, 3.63) is 18.0 Å². The molecular formula is C17H25N3O3. The number of aliphatic carboxylic acids is 1. The number of hydrogen-bond donors (Lipinski definition) is 2. The number of carboxylic acid groups (broad SMARTS) is 1. The van der Waals surface area contributed by atoms with Crippen LogP contribution in [-0.2, 0) is 4.79 Å². The lowest BCUT2D eigenvalue weighted by Crippen LogP contribution is -2.43. The molecule has 1 amide bonds. The summed E-state index contributed by atoms with van der Waals surface area (Å²) in [6.45, 7) is 0. The van der Waals surface area contributed by atoms with Gasteiger partial charge in [0.1, 0.15) is 5.69 Å². The molecule has 2 aliphatic rings. The van der Waals surface area contributed by atoms with Crippen molar-refractivity contribution in [2.75, 3.05) is 0 Å². The highest BCUT2D eigenvalue weighted by atomic mass is 16.4. The van der Waals surface area contributed by atoms with Crippen molar-refractivity contribution in [3.8, 4) is 0 Å². The molecule has 0 spiro atoms. The van der Waals surface area contributed by atoms with Crippen LogP contribution < -0.4 is 5.32 Å². The van der Waals surface area contributed by atoms with E-state index in [2.05, 4.69) is 10.4 Å². The molecule has 126 valence electrons. The zero-order valence-corrected chi connectivity index (χ0v) is 13.4. The van der Waals surface area contributed by atoms with E-state index in [0.717, 1.165) is 38.5 Å². The Labute approximate surface area is 136 Å². The van der Waals surface area contributed by atoms with Gasteiger partial charge in [-0.1, -0.05) is 32.1 Å². The summed E-state index contributed by atoms with van der Waals surface area (Å²) in [5.74, 6) is -1.47. The molecule has 0 aliphatic heterocycles. The van der Waals surface area contributed by atoms with E-state index in [1.807, 2.05) is 4.68 Å². The molecule has 1 heterocycles. The van der Waals surface area contributed by atoms with Crippen molar-refractivity contribution in [2.24, 2.45) is 5.92 Å². The van der Waals surface area contributed by atoms with Crippen LogP contribution in [0, 0.1) is 5.92 Å². The summed E-state index contributed by atoms with van der Waals surface area (Å²) in [6.07, 6.45) is 10.4. The second kappa shape index (κ2) is 7.15. The third-order valence-electron chi connectivity index (χ3n) is 5.22. The second-order valence-corrected chi connectivity index (χ2v) is 6.76. The van der Waals surface area contributed by atoms with E-state index in [9.17, 15) is 14.7 Å². The number of carbonyl (C=O) groups is 2. The van der Waals surface area contributed by atoms with Gasteiger partial charge >= 0.3 is 5.97 Å². The summed E-state index contributed by atoms with van der Waals surface area (Å²) in [4.78, 5) is 24.2. The van der Waals surface area contributed by atoms with Crippen molar-refractivity contribution in [1.82, 2.24) is 15.1 Å². The summed E-state index contributed by atoms with van der Waals surface area (Å²) < 4.78 is 1.83. The first-order chi connectivity index (χ1) is 11.2. The molecule has 1 aromatic rings. The number of nitrogens with zero attached hydrogens (tertiary/aromatic N) is 2. The van der Waals surface area contributed by atoms with E-state index in [1.54, 1.807) is 12.3 Å². The predicted molar refractivity (Wildman–Crippen MR) is 85.2 cm³/mol. The highest BCUT2D eigenvalue weighted by Gasteiger charge is 2.32. The molecule has 0 bridgehead atoms. The molecule has 6 heteroatoms. The van der Waals surface area contributed by atoms with Gasteiger partial charge in [-0.2, -0.15) is 5.10 Å². The van der Waals surface area contributed by atoms with Crippen molar-refractivity contribution in [3.63, 3.8) is 0 Å². The summed E-state index contributed by atoms with van der Waals surface area (Å²) in [6, 6.07) is 1.75. The lowest BCUT2D eigenvalue weighted by atomic mass is 9.95. The zero-order valence-electron chi connectivity index (χ0n) is 13.4. The molecule has 2 atom stereocenters. The number of carboxylic acids is 1. The third-order valence-corrected chi connectivity index (χ3v) is 5.22. The number of aromatic nitrogens is 2. The minimum atomic E-state index is -0.804. The fourth-order valence-corrected chi connectivity index (χ4v) is 3.95. The molecule has 2 saturated carbocycles. The van der Waals surface area contributed by atoms with Gasteiger partial charge in [0.25, 0.3) is 5.91 Å². The van der Waals surface area contributed by atoms with Gasteiger partial charge in [-0.05, 0) is 31.7 Å². The Morgan fingerprint density at radius 3 is 2.52 bits per heavy atom. The fraction of sp³-hybridized carbons (Fsp3) is 0.706. The molecule has 0 aromatic carbocycles. The average Bonchev–Trinajstić information content (AvgIpc) is 3.15. The van der Waals surface area contributed by atoms with E-state index >= 15 is 0 Å². The zero-order chi connectivity index (χ0) is 16.2. The normalized spacial score (nSPS) is 25.9. The molecule has 0 saturated heterocycles. The highest BCUT2D eigenvalue weighted by Crippen LogP contribution is 2.30. The van der Waals surface area contributed by atoms with Gasteiger partial charge in [-0.3, -0.25) is 14.3 Å². The molecular weight excluding hydrogens is 294 g/mol. The predicted octanol–water partition coefficient (Wildman–Crippen LogP) is 2.76. The van der Waals surface area contributed by atoms with Gasteiger partial charge in [0.2, 0.25) is 0 Å². The first-order valence-corrected chi connectivity index (χ1v) is 8.74. The summed E-state index contributed by atoms with van der Waals surface area (Å²) in [5, 5.41) is 16.7. The fourth-order valence-electron chi connectivity index (χ4n) is 3.95. The maximum atomic E-state index is 12.7. The molecule has 0 radical (unpaired) electrons. The SMILES string of the molecule is O=C(N[C@H]1CCCCC[C@H]1C(=O)O)c1ccnn1C1CCCC1. The molecule has 2 fully saturated rings. The van der Waals surface area contributed by atoms with Crippen molar-refractivity contribution in [2.45, 2.75) is 69.9 Å². The summed E-state index contributed by atoms with van der Waals surface area (Å²) in [5.41, 5.74) is 0.560. The van der Waals surface area contributed by atoms with Crippen LogP contribution in [-0.4, -0.2) is 32.8 Å². The van der Waals surface area contributed by atoms with Crippen LogP contribution in [0.4, 0.5) is 0 Å². The molecule has 2 aliphatic carbocycles. The van der Waals surface area contributed by atoms with Crippen molar-refractivity contribution in [1.29, 1.82) is 0 Å². The van der Waals surface area contributed by atoms with E-state index in [4.69, 9.17) is 0 Å². The Bertz CT molecular complexity index is 563. The number of nitrogens with one attached hydrogen (secondary N) is 1. The lowest BCUT2D eigenvalue weighted by Gasteiger charge is -2.23. The van der Waals surface area contributed by atoms with Gasteiger partial charge in [0.15, 0.2) is 0 Å². The summed E-state index contributed by atoms with van der Waals surface area (Å²) >= 11 is 0. The van der Waals surface area contributed by atoms with Crippen LogP contribution in [0.2, 0.25) is 0 Å². The van der Waals surface area contributed by atoms with Crippen LogP contribution in [0.3, 0.4) is 0 Å². The number of amides is 1. The van der Waals surface area contributed by atoms with E-state index < -0.39 is 11.9 Å². The lowest BCUT2D eigenvalue weighted by molar-refractivity contribution is -0.142. The van der Waals surface area contributed by atoms with Crippen molar-refractivity contribution >= 4 is 11.9 Å². The van der Waals surface area contributed by atoms with Gasteiger partial charge in [-0.15, -0.1) is 0 Å². The molecule has 3 rings (SSSR count). The Kier molecular flexibility index (Phi) is 4.98. The minimum Gasteiger partial charge on any atom is -0.481 e. The minimum absolute atomic E-state index is 0.187. The monoisotopic (exact) mass is 319 g/mol. The van der Waals surface area contributed by atoms with Gasteiger partial charge in [0.05, 0.1) is 12.0 Å². The molecule has 2 N–H and O–H groups in total. The molecule has 23 heavy (non-hydrogen) atoms. The number of carbonyl (C=O) groups excluding carboxylic acids is 1. The average molecular weight is 319 g/mol. The maximum absolute atomic E-state index is 12.7. The topological polar surface area (TPSA) is 84.2 Å². The Balaban J connectivity index is 1.72. The quantitative estimate of drug-likeness (QED) is 0.836. The van der Waals surface area contributed by atoms with Gasteiger partial charge in [0, 0.05) is 12.2 Å². The highest BCUT2D eigenvalue weighted by molar-refractivity contribution is 5.93.